The van der Waals surface area contributed by atoms with Crippen LogP contribution in [0.5, 0.6) is 0 Å². The second-order valence-electron chi connectivity index (χ2n) is 5.25. The van der Waals surface area contributed by atoms with E-state index in [1.165, 1.54) is 32.2 Å². The van der Waals surface area contributed by atoms with Gasteiger partial charge in [0.2, 0.25) is 10.0 Å². The SMILES string of the molecule is Cc1cccc([N+](=O)[O-])c1S(=O)(=O)N(C)Cc1cccc(C#N)c1. The van der Waals surface area contributed by atoms with Crippen LogP contribution >= 0.6 is 0 Å². The molecule has 0 aliphatic rings. The Balaban J connectivity index is 2.44. The molecule has 2 aromatic carbocycles. The van der Waals surface area contributed by atoms with Crippen molar-refractivity contribution in [1.82, 2.24) is 4.31 Å². The topological polar surface area (TPSA) is 104 Å². The van der Waals surface area contributed by atoms with E-state index < -0.39 is 20.6 Å². The minimum absolute atomic E-state index is 0.00332. The zero-order valence-electron chi connectivity index (χ0n) is 13.1. The summed E-state index contributed by atoms with van der Waals surface area (Å²) < 4.78 is 26.6. The normalized spacial score (nSPS) is 11.2. The zero-order valence-corrected chi connectivity index (χ0v) is 13.9. The smallest absolute Gasteiger partial charge is 0.258 e. The Hall–Kier alpha value is -2.76. The third-order valence-electron chi connectivity index (χ3n) is 3.52. The van der Waals surface area contributed by atoms with Crippen molar-refractivity contribution < 1.29 is 13.3 Å². The van der Waals surface area contributed by atoms with Gasteiger partial charge in [0.1, 0.15) is 0 Å². The van der Waals surface area contributed by atoms with Crippen LogP contribution in [0.2, 0.25) is 0 Å². The summed E-state index contributed by atoms with van der Waals surface area (Å²) in [6, 6.07) is 12.7. The lowest BCUT2D eigenvalue weighted by atomic mass is 10.1. The van der Waals surface area contributed by atoms with Crippen LogP contribution in [0, 0.1) is 28.4 Å². The molecule has 2 rings (SSSR count). The summed E-state index contributed by atoms with van der Waals surface area (Å²) in [6.07, 6.45) is 0. The maximum atomic E-state index is 12.8. The summed E-state index contributed by atoms with van der Waals surface area (Å²) in [5.41, 5.74) is 0.894. The van der Waals surface area contributed by atoms with Gasteiger partial charge in [-0.25, -0.2) is 8.42 Å². The highest BCUT2D eigenvalue weighted by molar-refractivity contribution is 7.89. The molecule has 7 nitrogen and oxygen atoms in total. The molecule has 0 radical (unpaired) electrons. The number of nitrogens with zero attached hydrogens (tertiary/aromatic N) is 3. The van der Waals surface area contributed by atoms with Crippen LogP contribution in [0.3, 0.4) is 0 Å². The van der Waals surface area contributed by atoms with Crippen LogP contribution in [-0.2, 0) is 16.6 Å². The molecule has 8 heteroatoms. The molecule has 0 heterocycles. The van der Waals surface area contributed by atoms with Gasteiger partial charge >= 0.3 is 0 Å². The summed E-state index contributed by atoms with van der Waals surface area (Å²) in [5.74, 6) is 0. The van der Waals surface area contributed by atoms with Gasteiger partial charge in [-0.1, -0.05) is 24.3 Å². The average Bonchev–Trinajstić information content (AvgIpc) is 2.54. The third-order valence-corrected chi connectivity index (χ3v) is 5.51. The maximum absolute atomic E-state index is 12.8. The van der Waals surface area contributed by atoms with E-state index >= 15 is 0 Å². The van der Waals surface area contributed by atoms with Gasteiger partial charge in [-0.2, -0.15) is 9.57 Å². The van der Waals surface area contributed by atoms with E-state index in [0.29, 0.717) is 16.7 Å². The predicted molar refractivity (Wildman–Crippen MR) is 87.6 cm³/mol. The molecular formula is C16H15N3O4S. The number of sulfonamides is 1. The Bertz CT molecular complexity index is 933. The number of nitro groups is 1. The Morgan fingerprint density at radius 2 is 1.92 bits per heavy atom. The van der Waals surface area contributed by atoms with Crippen molar-refractivity contribution >= 4 is 15.7 Å². The molecule has 0 atom stereocenters. The highest BCUT2D eigenvalue weighted by Gasteiger charge is 2.31. The summed E-state index contributed by atoms with van der Waals surface area (Å²) in [7, 11) is -2.70. The summed E-state index contributed by atoms with van der Waals surface area (Å²) in [4.78, 5) is 10.2. The first-order valence-corrected chi connectivity index (χ1v) is 8.40. The minimum Gasteiger partial charge on any atom is -0.258 e. The highest BCUT2D eigenvalue weighted by atomic mass is 32.2. The van der Waals surface area contributed by atoms with Crippen molar-refractivity contribution in [3.63, 3.8) is 0 Å². The van der Waals surface area contributed by atoms with E-state index in [4.69, 9.17) is 5.26 Å². The van der Waals surface area contributed by atoms with Crippen molar-refractivity contribution in [1.29, 1.82) is 5.26 Å². The van der Waals surface area contributed by atoms with E-state index in [0.717, 1.165) is 4.31 Å². The Labute approximate surface area is 140 Å². The summed E-state index contributed by atoms with van der Waals surface area (Å²) >= 11 is 0. The first kappa shape index (κ1) is 17.6. The average molecular weight is 345 g/mol. The van der Waals surface area contributed by atoms with Gasteiger partial charge in [-0.3, -0.25) is 10.1 Å². The third kappa shape index (κ3) is 3.42. The van der Waals surface area contributed by atoms with Crippen molar-refractivity contribution in [3.05, 3.63) is 69.3 Å². The predicted octanol–water partition coefficient (Wildman–Crippen LogP) is 2.60. The van der Waals surface area contributed by atoms with Crippen LogP contribution in [0.15, 0.2) is 47.4 Å². The second-order valence-corrected chi connectivity index (χ2v) is 7.24. The molecule has 0 bridgehead atoms. The number of hydrogen-bond donors (Lipinski definition) is 0. The molecule has 2 aromatic rings. The van der Waals surface area contributed by atoms with Gasteiger partial charge in [0.15, 0.2) is 4.90 Å². The van der Waals surface area contributed by atoms with Crippen LogP contribution in [0.4, 0.5) is 5.69 Å². The molecule has 0 aliphatic carbocycles. The number of nitro benzene ring substituents is 1. The lowest BCUT2D eigenvalue weighted by Gasteiger charge is -2.18. The van der Waals surface area contributed by atoms with Crippen molar-refractivity contribution in [2.75, 3.05) is 7.05 Å². The fourth-order valence-electron chi connectivity index (χ4n) is 2.35. The summed E-state index contributed by atoms with van der Waals surface area (Å²) in [5, 5.41) is 20.1. The van der Waals surface area contributed by atoms with Gasteiger partial charge in [0.05, 0.1) is 16.6 Å². The molecule has 124 valence electrons. The fraction of sp³-hybridized carbons (Fsp3) is 0.188. The van der Waals surface area contributed by atoms with E-state index in [1.807, 2.05) is 6.07 Å². The van der Waals surface area contributed by atoms with Crippen LogP contribution < -0.4 is 0 Å². The van der Waals surface area contributed by atoms with E-state index in [2.05, 4.69) is 0 Å². The molecular weight excluding hydrogens is 330 g/mol. The molecule has 24 heavy (non-hydrogen) atoms. The van der Waals surface area contributed by atoms with Crippen molar-refractivity contribution in [3.8, 4) is 6.07 Å². The van der Waals surface area contributed by atoms with Crippen molar-refractivity contribution in [2.24, 2.45) is 0 Å². The maximum Gasteiger partial charge on any atom is 0.289 e. The Kier molecular flexibility index (Phi) is 4.97. The first-order chi connectivity index (χ1) is 11.3. The minimum atomic E-state index is -4.05. The van der Waals surface area contributed by atoms with E-state index in [9.17, 15) is 18.5 Å². The Morgan fingerprint density at radius 1 is 1.25 bits per heavy atom. The molecule has 0 N–H and O–H groups in total. The fourth-order valence-corrected chi connectivity index (χ4v) is 3.87. The largest absolute Gasteiger partial charge is 0.289 e. The molecule has 0 spiro atoms. The molecule has 0 unspecified atom stereocenters. The van der Waals surface area contributed by atoms with Crippen LogP contribution in [-0.4, -0.2) is 24.7 Å². The standard InChI is InChI=1S/C16H15N3O4S/c1-12-5-3-8-15(19(20)21)16(12)24(22,23)18(2)11-14-7-4-6-13(9-14)10-17/h3-9H,11H2,1-2H3. The number of benzene rings is 2. The quantitative estimate of drug-likeness (QED) is 0.612. The van der Waals surface area contributed by atoms with Gasteiger partial charge in [0.25, 0.3) is 5.69 Å². The molecule has 0 fully saturated rings. The Morgan fingerprint density at radius 3 is 2.54 bits per heavy atom. The molecule has 0 saturated carbocycles. The van der Waals surface area contributed by atoms with Crippen LogP contribution in [0.25, 0.3) is 0 Å². The van der Waals surface area contributed by atoms with Gasteiger partial charge in [-0.15, -0.1) is 0 Å². The monoisotopic (exact) mass is 345 g/mol. The van der Waals surface area contributed by atoms with Gasteiger partial charge in [0, 0.05) is 19.7 Å². The molecule has 0 amide bonds. The molecule has 0 saturated heterocycles. The van der Waals surface area contributed by atoms with E-state index in [1.54, 1.807) is 24.3 Å². The zero-order chi connectivity index (χ0) is 17.9. The lowest BCUT2D eigenvalue weighted by Crippen LogP contribution is -2.27. The number of nitriles is 1. The number of rotatable bonds is 5. The number of aryl methyl sites for hydroxylation is 1. The molecule has 0 aliphatic heterocycles. The van der Waals surface area contributed by atoms with E-state index in [-0.39, 0.29) is 11.4 Å². The second kappa shape index (κ2) is 6.78. The van der Waals surface area contributed by atoms with Gasteiger partial charge in [-0.05, 0) is 30.2 Å². The lowest BCUT2D eigenvalue weighted by molar-refractivity contribution is -0.387. The summed E-state index contributed by atoms with van der Waals surface area (Å²) in [6.45, 7) is 1.52. The highest BCUT2D eigenvalue weighted by Crippen LogP contribution is 2.29. The number of hydrogen-bond acceptors (Lipinski definition) is 5. The first-order valence-electron chi connectivity index (χ1n) is 6.96. The van der Waals surface area contributed by atoms with Gasteiger partial charge < -0.3 is 0 Å². The molecule has 0 aromatic heterocycles. The van der Waals surface area contributed by atoms with Crippen molar-refractivity contribution in [2.45, 2.75) is 18.4 Å². The van der Waals surface area contributed by atoms with Crippen LogP contribution in [0.1, 0.15) is 16.7 Å².